The van der Waals surface area contributed by atoms with Crippen LogP contribution in [0.15, 0.2) is 110 Å². The number of ether oxygens (including phenoxy) is 10. The Labute approximate surface area is 348 Å². The first-order valence-corrected chi connectivity index (χ1v) is 19.2. The minimum Gasteiger partial charge on any atom is -0.491 e. The number of hydrogen-bond donors (Lipinski definition) is 0. The minimum absolute atomic E-state index is 0.0821. The van der Waals surface area contributed by atoms with Gasteiger partial charge in [0.2, 0.25) is 0 Å². The normalized spacial score (nSPS) is 10.6. The van der Waals surface area contributed by atoms with E-state index in [0.717, 1.165) is 17.2 Å². The third-order valence-electron chi connectivity index (χ3n) is 8.03. The molecular formula is C45H48O15. The average molecular weight is 829 g/mol. The number of carbonyl (C=O) groups is 5. The molecule has 0 N–H and O–H groups in total. The van der Waals surface area contributed by atoms with E-state index < -0.39 is 23.9 Å². The van der Waals surface area contributed by atoms with Gasteiger partial charge in [-0.1, -0.05) is 37.8 Å². The van der Waals surface area contributed by atoms with E-state index in [9.17, 15) is 24.0 Å². The molecule has 0 saturated carbocycles. The fourth-order valence-corrected chi connectivity index (χ4v) is 4.91. The SMILES string of the molecule is C=CC(=O)OCCOCCOCCOc1ccc(C(=O)Oc2ccc(C(=O)Oc3ccc(-c4ccc(C(=O)OCCOCCOCCOC(=O)CC)cc4)cc3)cc2)cc1. The van der Waals surface area contributed by atoms with Crippen LogP contribution < -0.4 is 14.2 Å². The summed E-state index contributed by atoms with van der Waals surface area (Å²) in [7, 11) is 0. The zero-order valence-corrected chi connectivity index (χ0v) is 33.3. The Hall–Kier alpha value is -6.39. The number of benzene rings is 4. The Kier molecular flexibility index (Phi) is 20.5. The molecule has 15 heteroatoms. The summed E-state index contributed by atoms with van der Waals surface area (Å²) < 4.78 is 53.0. The molecule has 0 aliphatic heterocycles. The van der Waals surface area contributed by atoms with E-state index in [2.05, 4.69) is 6.58 Å². The first kappa shape index (κ1) is 46.3. The lowest BCUT2D eigenvalue weighted by Gasteiger charge is -2.09. The number of carbonyl (C=O) groups excluding carboxylic acids is 5. The van der Waals surface area contributed by atoms with Crippen LogP contribution in [0.2, 0.25) is 0 Å². The lowest BCUT2D eigenvalue weighted by molar-refractivity contribution is -0.145. The van der Waals surface area contributed by atoms with Crippen LogP contribution in [0.3, 0.4) is 0 Å². The lowest BCUT2D eigenvalue weighted by Crippen LogP contribution is -2.14. The Bertz CT molecular complexity index is 1940. The van der Waals surface area contributed by atoms with E-state index in [0.29, 0.717) is 62.1 Å². The summed E-state index contributed by atoms with van der Waals surface area (Å²) in [4.78, 5) is 60.0. The van der Waals surface area contributed by atoms with Gasteiger partial charge in [0.25, 0.3) is 0 Å². The minimum atomic E-state index is -0.591. The van der Waals surface area contributed by atoms with Crippen LogP contribution in [-0.4, -0.2) is 109 Å². The lowest BCUT2D eigenvalue weighted by atomic mass is 10.0. The molecule has 0 atom stereocenters. The van der Waals surface area contributed by atoms with E-state index in [1.165, 1.54) is 24.3 Å². The van der Waals surface area contributed by atoms with Crippen molar-refractivity contribution in [2.24, 2.45) is 0 Å². The second-order valence-corrected chi connectivity index (χ2v) is 12.3. The standard InChI is InChI=1S/C45H48O15/c1-3-41(46)56-30-26-52-22-21-51-25-29-55-38-15-11-36(12-16-38)44(49)60-40-19-13-37(14-20-40)45(50)59-39-17-9-34(10-18-39)33-5-7-35(8-6-33)43(48)58-32-28-54-24-23-53-27-31-57-42(47)4-2/h3,5-20H,1,4,21-32H2,2H3. The first-order chi connectivity index (χ1) is 29.2. The molecule has 0 unspecified atom stereocenters. The smallest absolute Gasteiger partial charge is 0.343 e. The number of hydrogen-bond acceptors (Lipinski definition) is 15. The molecule has 0 amide bonds. The first-order valence-electron chi connectivity index (χ1n) is 19.2. The van der Waals surface area contributed by atoms with Gasteiger partial charge in [-0.2, -0.15) is 0 Å². The highest BCUT2D eigenvalue weighted by Crippen LogP contribution is 2.24. The topological polar surface area (TPSA) is 178 Å². The molecule has 0 aliphatic rings. The third kappa shape index (κ3) is 17.2. The average Bonchev–Trinajstić information content (AvgIpc) is 3.28. The van der Waals surface area contributed by atoms with E-state index in [-0.39, 0.29) is 63.5 Å². The molecule has 4 aromatic carbocycles. The summed E-state index contributed by atoms with van der Waals surface area (Å²) >= 11 is 0. The van der Waals surface area contributed by atoms with Gasteiger partial charge in [-0.05, 0) is 83.9 Å². The van der Waals surface area contributed by atoms with Crippen molar-refractivity contribution in [3.05, 3.63) is 126 Å². The molecule has 0 radical (unpaired) electrons. The second kappa shape index (κ2) is 26.6. The third-order valence-corrected chi connectivity index (χ3v) is 8.03. The Morgan fingerprint density at radius 1 is 0.433 bits per heavy atom. The quantitative estimate of drug-likeness (QED) is 0.0222. The summed E-state index contributed by atoms with van der Waals surface area (Å²) in [5.41, 5.74) is 2.64. The molecule has 0 saturated heterocycles. The van der Waals surface area contributed by atoms with Crippen LogP contribution >= 0.6 is 0 Å². The highest BCUT2D eigenvalue weighted by Gasteiger charge is 2.13. The van der Waals surface area contributed by atoms with Gasteiger partial charge in [-0.25, -0.2) is 19.2 Å². The van der Waals surface area contributed by atoms with Gasteiger partial charge in [-0.15, -0.1) is 0 Å². The molecule has 15 nitrogen and oxygen atoms in total. The molecule has 0 heterocycles. The van der Waals surface area contributed by atoms with Crippen molar-refractivity contribution in [3.8, 4) is 28.4 Å². The zero-order valence-electron chi connectivity index (χ0n) is 33.3. The Balaban J connectivity index is 1.10. The van der Waals surface area contributed by atoms with E-state index in [4.69, 9.17) is 47.4 Å². The van der Waals surface area contributed by atoms with Crippen LogP contribution in [0.1, 0.15) is 44.4 Å². The van der Waals surface area contributed by atoms with Crippen molar-refractivity contribution in [1.29, 1.82) is 0 Å². The summed E-state index contributed by atoms with van der Waals surface area (Å²) in [5.74, 6) is -1.30. The second-order valence-electron chi connectivity index (χ2n) is 12.3. The van der Waals surface area contributed by atoms with Gasteiger partial charge < -0.3 is 47.4 Å². The number of rotatable bonds is 27. The summed E-state index contributed by atoms with van der Waals surface area (Å²) in [6, 6.07) is 26.3. The van der Waals surface area contributed by atoms with Crippen molar-refractivity contribution in [3.63, 3.8) is 0 Å². The molecule has 0 bridgehead atoms. The van der Waals surface area contributed by atoms with Crippen molar-refractivity contribution in [2.75, 3.05) is 79.3 Å². The zero-order chi connectivity index (χ0) is 42.8. The predicted octanol–water partition coefficient (Wildman–Crippen LogP) is 6.08. The van der Waals surface area contributed by atoms with E-state index in [1.54, 1.807) is 79.7 Å². The highest BCUT2D eigenvalue weighted by molar-refractivity contribution is 5.93. The van der Waals surface area contributed by atoms with Crippen LogP contribution in [0.25, 0.3) is 11.1 Å². The van der Waals surface area contributed by atoms with E-state index >= 15 is 0 Å². The fourth-order valence-electron chi connectivity index (χ4n) is 4.91. The fraction of sp³-hybridized carbons (Fsp3) is 0.311. The van der Waals surface area contributed by atoms with E-state index in [1.807, 2.05) is 0 Å². The van der Waals surface area contributed by atoms with Crippen LogP contribution in [0, 0.1) is 0 Å². The molecule has 0 fully saturated rings. The molecule has 0 aliphatic carbocycles. The molecule has 60 heavy (non-hydrogen) atoms. The van der Waals surface area contributed by atoms with Crippen LogP contribution in [-0.2, 0) is 42.7 Å². The maximum absolute atomic E-state index is 12.8. The molecule has 4 aromatic rings. The van der Waals surface area contributed by atoms with Gasteiger partial charge in [-0.3, -0.25) is 4.79 Å². The van der Waals surface area contributed by atoms with Gasteiger partial charge >= 0.3 is 29.8 Å². The highest BCUT2D eigenvalue weighted by atomic mass is 16.6. The largest absolute Gasteiger partial charge is 0.491 e. The monoisotopic (exact) mass is 828 g/mol. The number of esters is 5. The van der Waals surface area contributed by atoms with Gasteiger partial charge in [0.05, 0.1) is 69.5 Å². The van der Waals surface area contributed by atoms with Crippen molar-refractivity contribution < 1.29 is 71.3 Å². The molecular weight excluding hydrogens is 780 g/mol. The predicted molar refractivity (Wildman–Crippen MR) is 216 cm³/mol. The van der Waals surface area contributed by atoms with Crippen molar-refractivity contribution in [1.82, 2.24) is 0 Å². The Morgan fingerprint density at radius 3 is 1.28 bits per heavy atom. The van der Waals surface area contributed by atoms with Crippen LogP contribution in [0.5, 0.6) is 17.2 Å². The maximum atomic E-state index is 12.8. The molecule has 318 valence electrons. The van der Waals surface area contributed by atoms with Crippen LogP contribution in [0.4, 0.5) is 0 Å². The summed E-state index contributed by atoms with van der Waals surface area (Å²) in [5, 5.41) is 0. The molecule has 4 rings (SSSR count). The summed E-state index contributed by atoms with van der Waals surface area (Å²) in [6.45, 7) is 8.16. The van der Waals surface area contributed by atoms with Gasteiger partial charge in [0.1, 0.15) is 43.7 Å². The Morgan fingerprint density at radius 2 is 0.800 bits per heavy atom. The molecule has 0 aromatic heterocycles. The van der Waals surface area contributed by atoms with Crippen molar-refractivity contribution in [2.45, 2.75) is 13.3 Å². The molecule has 0 spiro atoms. The van der Waals surface area contributed by atoms with Gasteiger partial charge in [0, 0.05) is 12.5 Å². The van der Waals surface area contributed by atoms with Gasteiger partial charge in [0.15, 0.2) is 0 Å². The maximum Gasteiger partial charge on any atom is 0.343 e. The summed E-state index contributed by atoms with van der Waals surface area (Å²) in [6.07, 6.45) is 1.41. The van der Waals surface area contributed by atoms with Crippen molar-refractivity contribution >= 4 is 29.8 Å².